The zero-order valence-electron chi connectivity index (χ0n) is 20.7. The lowest BCUT2D eigenvalue weighted by molar-refractivity contribution is -0.138. The highest BCUT2D eigenvalue weighted by Crippen LogP contribution is 2.22. The van der Waals surface area contributed by atoms with Crippen molar-refractivity contribution in [2.75, 3.05) is 0 Å². The van der Waals surface area contributed by atoms with Gasteiger partial charge < -0.3 is 21.1 Å². The van der Waals surface area contributed by atoms with E-state index in [0.717, 1.165) is 16.5 Å². The fourth-order valence-electron chi connectivity index (χ4n) is 4.33. The van der Waals surface area contributed by atoms with Crippen molar-refractivity contribution in [2.45, 2.75) is 37.8 Å². The van der Waals surface area contributed by atoms with E-state index in [1.54, 1.807) is 48.7 Å². The van der Waals surface area contributed by atoms with E-state index < -0.39 is 18.1 Å². The van der Waals surface area contributed by atoms with Crippen molar-refractivity contribution in [3.05, 3.63) is 107 Å². The highest BCUT2D eigenvalue weighted by molar-refractivity contribution is 6.03. The van der Waals surface area contributed by atoms with Gasteiger partial charge in [0.1, 0.15) is 6.04 Å². The molecule has 0 bridgehead atoms. The van der Waals surface area contributed by atoms with Crippen LogP contribution in [-0.2, 0) is 22.4 Å². The van der Waals surface area contributed by atoms with Crippen molar-refractivity contribution in [1.29, 1.82) is 0 Å². The monoisotopic (exact) mass is 511 g/mol. The zero-order chi connectivity index (χ0) is 27.1. The number of aromatic amines is 1. The largest absolute Gasteiger partial charge is 0.480 e. The van der Waals surface area contributed by atoms with Gasteiger partial charge in [-0.05, 0) is 47.9 Å². The molecule has 0 spiro atoms. The molecule has 194 valence electrons. The second-order valence-electron chi connectivity index (χ2n) is 9.19. The van der Waals surface area contributed by atoms with Crippen LogP contribution >= 0.6 is 0 Å². The lowest BCUT2D eigenvalue weighted by Gasteiger charge is -2.18. The maximum absolute atomic E-state index is 13.2. The molecule has 1 heterocycles. The minimum atomic E-state index is -1.10. The molecule has 4 aromatic rings. The Morgan fingerprint density at radius 2 is 1.53 bits per heavy atom. The Kier molecular flexibility index (Phi) is 8.45. The van der Waals surface area contributed by atoms with Crippen LogP contribution in [0.25, 0.3) is 10.9 Å². The summed E-state index contributed by atoms with van der Waals surface area (Å²) in [5.74, 6) is -1.91. The molecule has 0 aliphatic heterocycles. The van der Waals surface area contributed by atoms with Crippen molar-refractivity contribution in [3.8, 4) is 0 Å². The van der Waals surface area contributed by atoms with E-state index in [1.807, 2.05) is 36.4 Å². The van der Waals surface area contributed by atoms with E-state index in [4.69, 9.17) is 10.8 Å². The Hall–Kier alpha value is -4.56. The average Bonchev–Trinajstić information content (AvgIpc) is 3.33. The second kappa shape index (κ2) is 12.1. The van der Waals surface area contributed by atoms with Gasteiger partial charge in [-0.25, -0.2) is 0 Å². The number of carboxylic acids is 1. The highest BCUT2D eigenvalue weighted by Gasteiger charge is 2.23. The average molecular weight is 512 g/mol. The first kappa shape index (κ1) is 26.5. The lowest BCUT2D eigenvalue weighted by Crippen LogP contribution is -2.42. The van der Waals surface area contributed by atoms with Gasteiger partial charge in [-0.15, -0.1) is 0 Å². The number of benzene rings is 3. The van der Waals surface area contributed by atoms with Crippen molar-refractivity contribution in [3.63, 3.8) is 0 Å². The number of fused-ring (bicyclic) bond motifs is 1. The number of carbonyl (C=O) groups is 4. The van der Waals surface area contributed by atoms with Gasteiger partial charge in [0.05, 0.1) is 6.04 Å². The Balaban J connectivity index is 1.46. The number of nitrogens with one attached hydrogen (secondary N) is 2. The molecule has 0 aliphatic rings. The first-order valence-electron chi connectivity index (χ1n) is 12.4. The third kappa shape index (κ3) is 6.60. The predicted molar refractivity (Wildman–Crippen MR) is 144 cm³/mol. The minimum Gasteiger partial charge on any atom is -0.480 e. The molecule has 2 atom stereocenters. The van der Waals surface area contributed by atoms with Crippen LogP contribution in [0.1, 0.15) is 44.7 Å². The van der Waals surface area contributed by atoms with Crippen molar-refractivity contribution < 1.29 is 24.3 Å². The molecule has 0 radical (unpaired) electrons. The maximum atomic E-state index is 13.2. The normalized spacial score (nSPS) is 12.6. The molecule has 1 aromatic heterocycles. The topological polar surface area (TPSA) is 142 Å². The van der Waals surface area contributed by atoms with Crippen LogP contribution in [0, 0.1) is 0 Å². The van der Waals surface area contributed by atoms with Gasteiger partial charge in [0.15, 0.2) is 11.6 Å². The Bertz CT molecular complexity index is 1450. The smallest absolute Gasteiger partial charge is 0.320 e. The quantitative estimate of drug-likeness (QED) is 0.214. The molecule has 8 heteroatoms. The summed E-state index contributed by atoms with van der Waals surface area (Å²) in [6.07, 6.45) is 2.07. The summed E-state index contributed by atoms with van der Waals surface area (Å²) in [6, 6.07) is 21.3. The molecule has 3 aromatic carbocycles. The van der Waals surface area contributed by atoms with Gasteiger partial charge in [-0.1, -0.05) is 48.5 Å². The number of aromatic nitrogens is 1. The van der Waals surface area contributed by atoms with Crippen LogP contribution in [0.15, 0.2) is 85.1 Å². The predicted octanol–water partition coefficient (Wildman–Crippen LogP) is 3.70. The SMILES string of the molecule is N[C@@H](Cc1c[nH]c2ccc(C(=O)CCC(=O)C(Cc3ccccc3)NC(=O)c3ccccc3)cc12)C(=O)O. The molecule has 8 nitrogen and oxygen atoms in total. The Morgan fingerprint density at radius 1 is 0.842 bits per heavy atom. The second-order valence-corrected chi connectivity index (χ2v) is 9.19. The number of ketones is 2. The first-order chi connectivity index (χ1) is 18.3. The van der Waals surface area contributed by atoms with E-state index in [-0.39, 0.29) is 36.7 Å². The van der Waals surface area contributed by atoms with E-state index in [9.17, 15) is 19.2 Å². The number of hydrogen-bond acceptors (Lipinski definition) is 5. The number of carbonyl (C=O) groups excluding carboxylic acids is 3. The van der Waals surface area contributed by atoms with Gasteiger partial charge in [0, 0.05) is 47.5 Å². The molecule has 4 rings (SSSR count). The van der Waals surface area contributed by atoms with Gasteiger partial charge in [-0.2, -0.15) is 0 Å². The summed E-state index contributed by atoms with van der Waals surface area (Å²) in [4.78, 5) is 53.2. The van der Waals surface area contributed by atoms with E-state index in [2.05, 4.69) is 10.3 Å². The summed E-state index contributed by atoms with van der Waals surface area (Å²) in [6.45, 7) is 0. The molecule has 1 amide bonds. The van der Waals surface area contributed by atoms with E-state index in [0.29, 0.717) is 23.1 Å². The summed E-state index contributed by atoms with van der Waals surface area (Å²) in [5, 5.41) is 12.7. The molecule has 38 heavy (non-hydrogen) atoms. The first-order valence-corrected chi connectivity index (χ1v) is 12.4. The van der Waals surface area contributed by atoms with Crippen LogP contribution in [-0.4, -0.2) is 45.6 Å². The molecule has 0 fully saturated rings. The third-order valence-corrected chi connectivity index (χ3v) is 6.46. The highest BCUT2D eigenvalue weighted by atomic mass is 16.4. The van der Waals surface area contributed by atoms with Gasteiger partial charge in [0.2, 0.25) is 0 Å². The van der Waals surface area contributed by atoms with Crippen molar-refractivity contribution >= 4 is 34.3 Å². The number of carboxylic acid groups (broad SMARTS) is 1. The zero-order valence-corrected chi connectivity index (χ0v) is 20.7. The Morgan fingerprint density at radius 3 is 2.21 bits per heavy atom. The molecular formula is C30H29N3O5. The molecule has 1 unspecified atom stereocenters. The van der Waals surface area contributed by atoms with Crippen LogP contribution in [0.2, 0.25) is 0 Å². The van der Waals surface area contributed by atoms with Crippen LogP contribution in [0.4, 0.5) is 0 Å². The van der Waals surface area contributed by atoms with E-state index in [1.165, 1.54) is 0 Å². The van der Waals surface area contributed by atoms with Gasteiger partial charge >= 0.3 is 5.97 Å². The maximum Gasteiger partial charge on any atom is 0.320 e. The van der Waals surface area contributed by atoms with Crippen molar-refractivity contribution in [1.82, 2.24) is 10.3 Å². The summed E-state index contributed by atoms with van der Waals surface area (Å²) < 4.78 is 0. The fourth-order valence-corrected chi connectivity index (χ4v) is 4.33. The number of amides is 1. The molecule has 0 saturated carbocycles. The molecule has 5 N–H and O–H groups in total. The van der Waals surface area contributed by atoms with Crippen molar-refractivity contribution in [2.24, 2.45) is 5.73 Å². The number of rotatable bonds is 12. The van der Waals surface area contributed by atoms with Gasteiger partial charge in [0.25, 0.3) is 5.91 Å². The fraction of sp³-hybridized carbons (Fsp3) is 0.200. The molecule has 0 aliphatic carbocycles. The third-order valence-electron chi connectivity index (χ3n) is 6.46. The molecular weight excluding hydrogens is 482 g/mol. The summed E-state index contributed by atoms with van der Waals surface area (Å²) >= 11 is 0. The number of aliphatic carboxylic acids is 1. The van der Waals surface area contributed by atoms with E-state index >= 15 is 0 Å². The van der Waals surface area contributed by atoms with Crippen LogP contribution in [0.5, 0.6) is 0 Å². The Labute approximate surface area is 219 Å². The lowest BCUT2D eigenvalue weighted by atomic mass is 9.96. The number of Topliss-reactive ketones (excluding diaryl/α,β-unsaturated/α-hetero) is 2. The van der Waals surface area contributed by atoms with Crippen LogP contribution < -0.4 is 11.1 Å². The number of nitrogens with two attached hydrogens (primary N) is 1. The van der Waals surface area contributed by atoms with Gasteiger partial charge in [-0.3, -0.25) is 19.2 Å². The number of hydrogen-bond donors (Lipinski definition) is 4. The molecule has 0 saturated heterocycles. The summed E-state index contributed by atoms with van der Waals surface area (Å²) in [5.41, 5.74) is 8.92. The minimum absolute atomic E-state index is 0.0226. The standard InChI is InChI=1S/C30H29N3O5/c31-24(30(37)38)17-22-18-32-25-12-11-21(16-23(22)25)27(34)13-14-28(35)26(15-19-7-3-1-4-8-19)33-29(36)20-9-5-2-6-10-20/h1-12,16,18,24,26,32H,13-15,17,31H2,(H,33,36)(H,37,38)/t24-,26?/m0/s1. The number of H-pyrrole nitrogens is 1. The van der Waals surface area contributed by atoms with Crippen LogP contribution in [0.3, 0.4) is 0 Å². The summed E-state index contributed by atoms with van der Waals surface area (Å²) in [7, 11) is 0.